The first-order valence-electron chi connectivity index (χ1n) is 1.07. The molecule has 0 rings (SSSR count). The minimum absolute atomic E-state index is 0.194. The molecule has 0 aliphatic rings. The Balaban J connectivity index is 0. The van der Waals surface area contributed by atoms with Crippen molar-refractivity contribution in [3.8, 4) is 0 Å². The van der Waals surface area contributed by atoms with Crippen LogP contribution in [0.5, 0.6) is 0 Å². The van der Waals surface area contributed by atoms with Crippen molar-refractivity contribution in [2.24, 2.45) is 0 Å². The second kappa shape index (κ2) is 18.0. The van der Waals surface area contributed by atoms with E-state index in [-0.39, 0.29) is 5.34 Å². The van der Waals surface area contributed by atoms with E-state index in [1.807, 2.05) is 0 Å². The molecular weight excluding hydrogens is 133 g/mol. The summed E-state index contributed by atoms with van der Waals surface area (Å²) in [5.74, 6) is 0. The second-order valence-corrected chi connectivity index (χ2v) is 1.01. The highest BCUT2D eigenvalue weighted by atomic mass is 35.5. The molecule has 0 aromatic heterocycles. The molecule has 0 saturated carbocycles. The van der Waals surface area contributed by atoms with Gasteiger partial charge in [0.2, 0.25) is 6.93 Å². The van der Waals surface area contributed by atoms with Crippen molar-refractivity contribution in [3.05, 3.63) is 0 Å². The van der Waals surface area contributed by atoms with Gasteiger partial charge in [-0.05, 0) is 0 Å². The van der Waals surface area contributed by atoms with Crippen molar-refractivity contribution >= 4 is 23.2 Å². The molecule has 0 fully saturated rings. The lowest BCUT2D eigenvalue weighted by molar-refractivity contribution is 0.295. The summed E-state index contributed by atoms with van der Waals surface area (Å²) in [6.07, 6.45) is 0. The van der Waals surface area contributed by atoms with Crippen molar-refractivity contribution in [2.45, 2.75) is 0 Å². The van der Waals surface area contributed by atoms with E-state index in [1.54, 1.807) is 0 Å². The van der Waals surface area contributed by atoms with E-state index in [1.165, 1.54) is 0 Å². The van der Waals surface area contributed by atoms with Crippen LogP contribution in [0.2, 0.25) is 0 Å². The van der Waals surface area contributed by atoms with Crippen molar-refractivity contribution < 1.29 is 8.78 Å². The maximum atomic E-state index is 9.62. The average Bonchev–Trinajstić information content (AvgIpc) is 1.39. The van der Waals surface area contributed by atoms with Crippen LogP contribution in [0.4, 0.5) is 8.78 Å². The number of halogens is 4. The van der Waals surface area contributed by atoms with Gasteiger partial charge in [0.1, 0.15) is 0 Å². The van der Waals surface area contributed by atoms with Crippen LogP contribution in [0.1, 0.15) is 0 Å². The van der Waals surface area contributed by atoms with Crippen LogP contribution in [0, 0.1) is 0 Å². The Labute approximate surface area is 45.0 Å². The predicted octanol–water partition coefficient (Wildman–Crippen LogP) is 2.30. The van der Waals surface area contributed by atoms with Gasteiger partial charge >= 0.3 is 0 Å². The molecule has 0 heterocycles. The van der Waals surface area contributed by atoms with Crippen LogP contribution in [-0.2, 0) is 0 Å². The Morgan fingerprint density at radius 1 is 1.17 bits per heavy atom. The van der Waals surface area contributed by atoms with Crippen LogP contribution in [0.15, 0.2) is 0 Å². The topological polar surface area (TPSA) is 0 Å². The molecule has 0 saturated heterocycles. The molecule has 0 spiro atoms. The lowest BCUT2D eigenvalue weighted by Gasteiger charge is -1.42. The highest BCUT2D eigenvalue weighted by molar-refractivity contribution is 6.40. The van der Waals surface area contributed by atoms with E-state index in [9.17, 15) is 8.78 Å². The van der Waals surface area contributed by atoms with Gasteiger partial charge < -0.3 is 0 Å². The number of hydrogen-bond donors (Lipinski definition) is 0. The standard InChI is InChI=1S/CH2Cl2.CH2F2/c2*2-1-3/h2*1H2. The molecule has 0 radical (unpaired) electrons. The third-order valence-corrected chi connectivity index (χ3v) is 0. The van der Waals surface area contributed by atoms with Gasteiger partial charge in [0, 0.05) is 0 Å². The number of alkyl halides is 4. The fourth-order valence-electron chi connectivity index (χ4n) is 0. The second-order valence-electron chi connectivity index (χ2n) is 0.202. The van der Waals surface area contributed by atoms with Crippen molar-refractivity contribution in [2.75, 3.05) is 12.3 Å². The quantitative estimate of drug-likeness (QED) is 0.449. The normalized spacial score (nSPS) is 6.00. The zero-order chi connectivity index (χ0) is 5.41. The smallest absolute Gasteiger partial charge is 0.214 e. The van der Waals surface area contributed by atoms with Gasteiger partial charge in [-0.15, -0.1) is 23.2 Å². The third-order valence-electron chi connectivity index (χ3n) is 0. The van der Waals surface area contributed by atoms with Crippen LogP contribution < -0.4 is 0 Å². The Bertz CT molecular complexity index is 11.5. The largest absolute Gasteiger partial charge is 0.229 e. The summed E-state index contributed by atoms with van der Waals surface area (Å²) >= 11 is 9.53. The molecule has 0 amide bonds. The van der Waals surface area contributed by atoms with Gasteiger partial charge in [-0.25, -0.2) is 8.78 Å². The van der Waals surface area contributed by atoms with Gasteiger partial charge in [0.25, 0.3) is 0 Å². The van der Waals surface area contributed by atoms with Gasteiger partial charge in [-0.3, -0.25) is 0 Å². The first-order chi connectivity index (χ1) is 2.83. The van der Waals surface area contributed by atoms with Gasteiger partial charge in [-0.1, -0.05) is 0 Å². The van der Waals surface area contributed by atoms with Gasteiger partial charge in [0.05, 0.1) is 5.34 Å². The molecule has 0 aromatic rings. The molecular formula is C2H4Cl2F2. The highest BCUT2D eigenvalue weighted by Gasteiger charge is 1.44. The number of rotatable bonds is 0. The molecule has 0 aliphatic heterocycles. The van der Waals surface area contributed by atoms with Crippen molar-refractivity contribution in [1.82, 2.24) is 0 Å². The Morgan fingerprint density at radius 3 is 1.17 bits per heavy atom. The summed E-state index contributed by atoms with van der Waals surface area (Å²) in [6.45, 7) is -1.75. The molecule has 4 heteroatoms. The first-order valence-corrected chi connectivity index (χ1v) is 2.14. The monoisotopic (exact) mass is 136 g/mol. The molecule has 0 aromatic carbocycles. The Kier molecular flexibility index (Phi) is 29.0. The van der Waals surface area contributed by atoms with E-state index in [4.69, 9.17) is 23.2 Å². The van der Waals surface area contributed by atoms with Gasteiger partial charge in [-0.2, -0.15) is 0 Å². The summed E-state index contributed by atoms with van der Waals surface area (Å²) in [5.41, 5.74) is 0. The molecule has 0 atom stereocenters. The van der Waals surface area contributed by atoms with E-state index in [0.29, 0.717) is 0 Å². The van der Waals surface area contributed by atoms with E-state index >= 15 is 0 Å². The molecule has 0 bridgehead atoms. The molecule has 6 heavy (non-hydrogen) atoms. The minimum Gasteiger partial charge on any atom is -0.214 e. The van der Waals surface area contributed by atoms with Crippen LogP contribution in [0.3, 0.4) is 0 Å². The first kappa shape index (κ1) is 9.67. The van der Waals surface area contributed by atoms with E-state index in [2.05, 4.69) is 0 Å². The zero-order valence-corrected chi connectivity index (χ0v) is 4.44. The maximum absolute atomic E-state index is 9.62. The summed E-state index contributed by atoms with van der Waals surface area (Å²) < 4.78 is 19.2. The maximum Gasteiger partial charge on any atom is 0.229 e. The molecule has 0 nitrogen and oxygen atoms in total. The molecule has 0 N–H and O–H groups in total. The zero-order valence-electron chi connectivity index (χ0n) is 2.93. The Morgan fingerprint density at radius 2 is 1.17 bits per heavy atom. The van der Waals surface area contributed by atoms with Crippen LogP contribution >= 0.6 is 23.2 Å². The van der Waals surface area contributed by atoms with Crippen molar-refractivity contribution in [3.63, 3.8) is 0 Å². The SMILES string of the molecule is ClCCl.FCF. The fourth-order valence-corrected chi connectivity index (χ4v) is 0. The summed E-state index contributed by atoms with van der Waals surface area (Å²) in [4.78, 5) is 0. The third kappa shape index (κ3) is 271. The lowest BCUT2D eigenvalue weighted by atomic mass is 11.7. The van der Waals surface area contributed by atoms with Crippen LogP contribution in [-0.4, -0.2) is 12.3 Å². The molecule has 0 unspecified atom stereocenters. The average molecular weight is 137 g/mol. The summed E-state index contributed by atoms with van der Waals surface area (Å²) in [5, 5.41) is 0.194. The fraction of sp³-hybridized carbons (Fsp3) is 1.00. The van der Waals surface area contributed by atoms with Crippen molar-refractivity contribution in [1.29, 1.82) is 0 Å². The predicted molar refractivity (Wildman–Crippen MR) is 23.7 cm³/mol. The van der Waals surface area contributed by atoms with E-state index < -0.39 is 6.93 Å². The number of hydrogen-bond acceptors (Lipinski definition) is 0. The lowest BCUT2D eigenvalue weighted by Crippen LogP contribution is -1.34. The molecule has 40 valence electrons. The Hall–Kier alpha value is 0.440. The van der Waals surface area contributed by atoms with Crippen LogP contribution in [0.25, 0.3) is 0 Å². The molecule has 0 aliphatic carbocycles. The van der Waals surface area contributed by atoms with Gasteiger partial charge in [0.15, 0.2) is 0 Å². The minimum atomic E-state index is -1.75. The highest BCUT2D eigenvalue weighted by Crippen LogP contribution is 1.73. The van der Waals surface area contributed by atoms with E-state index in [0.717, 1.165) is 0 Å². The summed E-state index contributed by atoms with van der Waals surface area (Å²) in [6, 6.07) is 0. The summed E-state index contributed by atoms with van der Waals surface area (Å²) in [7, 11) is 0.